The zero-order valence-electron chi connectivity index (χ0n) is 18.6. The van der Waals surface area contributed by atoms with Gasteiger partial charge in [0.1, 0.15) is 11.6 Å². The largest absolute Gasteiger partial charge is 0.462 e. The summed E-state index contributed by atoms with van der Waals surface area (Å²) in [4.78, 5) is 27.6. The number of rotatable bonds is 7. The predicted molar refractivity (Wildman–Crippen MR) is 127 cm³/mol. The Hall–Kier alpha value is -3.36. The Balaban J connectivity index is 1.54. The van der Waals surface area contributed by atoms with Crippen molar-refractivity contribution in [3.63, 3.8) is 0 Å². The molecule has 0 radical (unpaired) electrons. The number of hydrogen-bond donors (Lipinski definition) is 1. The first-order valence-electron chi connectivity index (χ1n) is 11.0. The fourth-order valence-electron chi connectivity index (χ4n) is 3.59. The van der Waals surface area contributed by atoms with E-state index in [2.05, 4.69) is 10.2 Å². The van der Waals surface area contributed by atoms with Crippen LogP contribution in [-0.4, -0.2) is 44.8 Å². The molecule has 1 aliphatic heterocycles. The quantitative estimate of drug-likeness (QED) is 0.451. The predicted octanol–water partition coefficient (Wildman–Crippen LogP) is 5.39. The van der Waals surface area contributed by atoms with Gasteiger partial charge in [-0.1, -0.05) is 18.5 Å². The Bertz CT molecular complexity index is 1190. The van der Waals surface area contributed by atoms with Gasteiger partial charge in [-0.25, -0.2) is 9.18 Å². The second-order valence-electron chi connectivity index (χ2n) is 7.71. The summed E-state index contributed by atoms with van der Waals surface area (Å²) in [5, 5.41) is 2.72. The number of hydrogen-bond acceptors (Lipinski definition) is 6. The van der Waals surface area contributed by atoms with Gasteiger partial charge in [-0.3, -0.25) is 4.79 Å². The van der Waals surface area contributed by atoms with Crippen molar-refractivity contribution in [2.75, 3.05) is 43.1 Å². The van der Waals surface area contributed by atoms with Crippen molar-refractivity contribution in [1.29, 1.82) is 0 Å². The van der Waals surface area contributed by atoms with Crippen LogP contribution in [0.1, 0.15) is 34.3 Å². The third-order valence-corrected chi connectivity index (χ3v) is 5.59. The first-order chi connectivity index (χ1) is 16.5. The molecule has 0 atom stereocenters. The molecule has 4 rings (SSSR count). The van der Waals surface area contributed by atoms with E-state index in [1.165, 1.54) is 24.3 Å². The van der Waals surface area contributed by atoms with Crippen LogP contribution < -0.4 is 10.2 Å². The molecule has 0 saturated carbocycles. The van der Waals surface area contributed by atoms with E-state index in [4.69, 9.17) is 25.5 Å². The van der Waals surface area contributed by atoms with Crippen LogP contribution in [0.5, 0.6) is 0 Å². The van der Waals surface area contributed by atoms with Crippen LogP contribution in [0.3, 0.4) is 0 Å². The molecule has 0 aliphatic carbocycles. The van der Waals surface area contributed by atoms with Crippen LogP contribution in [0.25, 0.3) is 11.3 Å². The third kappa shape index (κ3) is 5.40. The van der Waals surface area contributed by atoms with Gasteiger partial charge in [-0.05, 0) is 55.0 Å². The number of nitrogens with zero attached hydrogens (tertiary/aromatic N) is 1. The van der Waals surface area contributed by atoms with E-state index in [1.54, 1.807) is 24.3 Å². The van der Waals surface area contributed by atoms with Crippen molar-refractivity contribution in [2.45, 2.75) is 13.3 Å². The van der Waals surface area contributed by atoms with E-state index < -0.39 is 17.7 Å². The van der Waals surface area contributed by atoms with Gasteiger partial charge < -0.3 is 24.1 Å². The Morgan fingerprint density at radius 3 is 2.65 bits per heavy atom. The number of anilines is 2. The molecular weight excluding hydrogens is 463 g/mol. The molecule has 3 aromatic rings. The zero-order valence-corrected chi connectivity index (χ0v) is 19.4. The SMILES string of the molecule is CCCOC(=O)c1cc(NC(=O)c2ccc(-c3ccc(F)c(Cl)c3)o2)ccc1N1CCOCC1. The molecular formula is C25H24ClFN2O5. The molecule has 178 valence electrons. The molecule has 1 aliphatic rings. The summed E-state index contributed by atoms with van der Waals surface area (Å²) in [5.41, 5.74) is 2.07. The van der Waals surface area contributed by atoms with Crippen LogP contribution in [0, 0.1) is 5.82 Å². The highest BCUT2D eigenvalue weighted by Gasteiger charge is 2.21. The Morgan fingerprint density at radius 2 is 1.91 bits per heavy atom. The van der Waals surface area contributed by atoms with Gasteiger partial charge in [0.25, 0.3) is 5.91 Å². The summed E-state index contributed by atoms with van der Waals surface area (Å²) >= 11 is 5.84. The van der Waals surface area contributed by atoms with E-state index >= 15 is 0 Å². The van der Waals surface area contributed by atoms with E-state index in [0.29, 0.717) is 61.9 Å². The van der Waals surface area contributed by atoms with Gasteiger partial charge in [-0.2, -0.15) is 0 Å². The van der Waals surface area contributed by atoms with E-state index in [0.717, 1.165) is 5.69 Å². The van der Waals surface area contributed by atoms with Crippen LogP contribution >= 0.6 is 11.6 Å². The number of nitrogens with one attached hydrogen (secondary N) is 1. The molecule has 0 unspecified atom stereocenters. The molecule has 2 heterocycles. The minimum atomic E-state index is -0.538. The normalized spacial score (nSPS) is 13.6. The molecule has 0 bridgehead atoms. The van der Waals surface area contributed by atoms with E-state index in [1.807, 2.05) is 6.92 Å². The van der Waals surface area contributed by atoms with Crippen LogP contribution in [0.15, 0.2) is 52.9 Å². The maximum absolute atomic E-state index is 13.4. The maximum Gasteiger partial charge on any atom is 0.340 e. The summed E-state index contributed by atoms with van der Waals surface area (Å²) in [5.74, 6) is -1.05. The monoisotopic (exact) mass is 486 g/mol. The lowest BCUT2D eigenvalue weighted by atomic mass is 10.1. The lowest BCUT2D eigenvalue weighted by Gasteiger charge is -2.30. The number of amides is 1. The number of carbonyl (C=O) groups excluding carboxylic acids is 2. The molecule has 1 amide bonds. The summed E-state index contributed by atoms with van der Waals surface area (Å²) in [7, 11) is 0. The van der Waals surface area contributed by atoms with Gasteiger partial charge in [0.2, 0.25) is 0 Å². The maximum atomic E-state index is 13.4. The highest BCUT2D eigenvalue weighted by atomic mass is 35.5. The van der Waals surface area contributed by atoms with E-state index in [-0.39, 0.29) is 10.8 Å². The topological polar surface area (TPSA) is 81.0 Å². The Labute approximate surface area is 201 Å². The van der Waals surface area contributed by atoms with E-state index in [9.17, 15) is 14.0 Å². The molecule has 1 N–H and O–H groups in total. The molecule has 1 fully saturated rings. The van der Waals surface area contributed by atoms with Gasteiger partial charge in [0.15, 0.2) is 5.76 Å². The smallest absolute Gasteiger partial charge is 0.340 e. The average molecular weight is 487 g/mol. The summed E-state index contributed by atoms with van der Waals surface area (Å²) in [6.45, 7) is 4.68. The Morgan fingerprint density at radius 1 is 1.12 bits per heavy atom. The molecule has 9 heteroatoms. The van der Waals surface area contributed by atoms with Crippen molar-refractivity contribution in [1.82, 2.24) is 0 Å². The van der Waals surface area contributed by atoms with Crippen molar-refractivity contribution >= 4 is 34.9 Å². The standard InChI is InChI=1S/C25H24ClFN2O5/c1-2-11-33-25(31)18-15-17(4-6-21(18)29-9-12-32-13-10-29)28-24(30)23-8-7-22(34-23)16-3-5-20(27)19(26)14-16/h3-8,14-15H,2,9-13H2,1H3,(H,28,30). The molecule has 7 nitrogen and oxygen atoms in total. The number of furan rings is 1. The number of esters is 1. The number of morpholine rings is 1. The van der Waals surface area contributed by atoms with Crippen molar-refractivity contribution in [3.05, 3.63) is 70.7 Å². The van der Waals surface area contributed by atoms with Crippen LogP contribution in [0.4, 0.5) is 15.8 Å². The van der Waals surface area contributed by atoms with Crippen LogP contribution in [0.2, 0.25) is 5.02 Å². The molecule has 1 saturated heterocycles. The zero-order chi connectivity index (χ0) is 24.1. The number of halogens is 2. The molecule has 0 spiro atoms. The third-order valence-electron chi connectivity index (χ3n) is 5.30. The summed E-state index contributed by atoms with van der Waals surface area (Å²) in [6, 6.07) is 12.4. The Kier molecular flexibility index (Phi) is 7.49. The number of carbonyl (C=O) groups is 2. The van der Waals surface area contributed by atoms with Crippen molar-refractivity contribution in [3.8, 4) is 11.3 Å². The van der Waals surface area contributed by atoms with Gasteiger partial charge in [0, 0.05) is 24.3 Å². The lowest BCUT2D eigenvalue weighted by Crippen LogP contribution is -2.37. The van der Waals surface area contributed by atoms with Crippen molar-refractivity contribution in [2.24, 2.45) is 0 Å². The highest BCUT2D eigenvalue weighted by molar-refractivity contribution is 6.31. The fourth-order valence-corrected chi connectivity index (χ4v) is 3.77. The minimum absolute atomic E-state index is 0.0391. The van der Waals surface area contributed by atoms with Crippen LogP contribution in [-0.2, 0) is 9.47 Å². The van der Waals surface area contributed by atoms with Crippen molar-refractivity contribution < 1.29 is 27.9 Å². The van der Waals surface area contributed by atoms with Gasteiger partial charge in [-0.15, -0.1) is 0 Å². The average Bonchev–Trinajstić information content (AvgIpc) is 3.35. The second-order valence-corrected chi connectivity index (χ2v) is 8.12. The lowest BCUT2D eigenvalue weighted by molar-refractivity contribution is 0.0504. The van der Waals surface area contributed by atoms with Gasteiger partial charge >= 0.3 is 5.97 Å². The fraction of sp³-hybridized carbons (Fsp3) is 0.280. The number of ether oxygens (including phenoxy) is 2. The van der Waals surface area contributed by atoms with Gasteiger partial charge in [0.05, 0.1) is 36.1 Å². The highest BCUT2D eigenvalue weighted by Crippen LogP contribution is 2.29. The summed E-state index contributed by atoms with van der Waals surface area (Å²) in [6.07, 6.45) is 0.704. The first-order valence-corrected chi connectivity index (χ1v) is 11.3. The summed E-state index contributed by atoms with van der Waals surface area (Å²) < 4.78 is 29.8. The molecule has 2 aromatic carbocycles. The minimum Gasteiger partial charge on any atom is -0.462 e. The molecule has 1 aromatic heterocycles. The number of benzene rings is 2. The second kappa shape index (κ2) is 10.7. The first kappa shape index (κ1) is 23.8. The molecule has 34 heavy (non-hydrogen) atoms.